The van der Waals surface area contributed by atoms with Gasteiger partial charge in [-0.15, -0.1) is 0 Å². The number of likely N-dealkylation sites (tertiary alicyclic amines) is 1. The summed E-state index contributed by atoms with van der Waals surface area (Å²) in [4.78, 5) is 24.1. The molecule has 1 atom stereocenters. The lowest BCUT2D eigenvalue weighted by molar-refractivity contribution is -0.127. The van der Waals surface area contributed by atoms with Gasteiger partial charge in [-0.1, -0.05) is 0 Å². The molecule has 2 rings (SSSR count). The minimum absolute atomic E-state index is 0.0386. The van der Waals surface area contributed by atoms with Crippen LogP contribution >= 0.6 is 0 Å². The number of carbonyl (C=O) groups excluding carboxylic acids is 1. The molecule has 1 saturated heterocycles. The minimum Gasteiger partial charge on any atom is -0.475 e. The highest BCUT2D eigenvalue weighted by molar-refractivity contribution is 7.84. The Morgan fingerprint density at radius 1 is 1.32 bits per heavy atom. The van der Waals surface area contributed by atoms with Gasteiger partial charge in [-0.05, 0) is 25.0 Å². The van der Waals surface area contributed by atoms with Crippen molar-refractivity contribution in [3.05, 3.63) is 23.7 Å². The number of amides is 1. The van der Waals surface area contributed by atoms with E-state index in [4.69, 9.17) is 9.52 Å². The molecular weight excluding hydrogens is 270 g/mol. The first-order valence-electron chi connectivity index (χ1n) is 6.01. The van der Waals surface area contributed by atoms with E-state index >= 15 is 0 Å². The summed E-state index contributed by atoms with van der Waals surface area (Å²) in [6, 6.07) is 2.79. The molecule has 104 valence electrons. The highest BCUT2D eigenvalue weighted by Gasteiger charge is 2.20. The molecule has 0 saturated carbocycles. The second-order valence-electron chi connectivity index (χ2n) is 4.39. The van der Waals surface area contributed by atoms with E-state index in [1.54, 1.807) is 4.90 Å². The Bertz CT molecular complexity index is 504. The molecule has 2 heterocycles. The lowest BCUT2D eigenvalue weighted by Gasteiger charge is -2.14. The summed E-state index contributed by atoms with van der Waals surface area (Å²) in [7, 11) is -1.37. The fourth-order valence-electron chi connectivity index (χ4n) is 1.98. The Morgan fingerprint density at radius 2 is 2.00 bits per heavy atom. The molecule has 0 spiro atoms. The molecule has 1 fully saturated rings. The van der Waals surface area contributed by atoms with Crippen molar-refractivity contribution in [3.63, 3.8) is 0 Å². The molecule has 0 aliphatic carbocycles. The quantitative estimate of drug-likeness (QED) is 0.866. The zero-order valence-electron chi connectivity index (χ0n) is 10.3. The van der Waals surface area contributed by atoms with Crippen LogP contribution in [0, 0.1) is 0 Å². The number of furan rings is 1. The Balaban J connectivity index is 1.86. The lowest BCUT2D eigenvalue weighted by atomic mass is 10.4. The van der Waals surface area contributed by atoms with Crippen molar-refractivity contribution in [2.24, 2.45) is 0 Å². The van der Waals surface area contributed by atoms with Crippen LogP contribution in [0.5, 0.6) is 0 Å². The summed E-state index contributed by atoms with van der Waals surface area (Å²) >= 11 is 0. The molecule has 19 heavy (non-hydrogen) atoms. The van der Waals surface area contributed by atoms with E-state index in [1.165, 1.54) is 12.1 Å². The van der Waals surface area contributed by atoms with Gasteiger partial charge in [0.2, 0.25) is 11.7 Å². The summed E-state index contributed by atoms with van der Waals surface area (Å²) < 4.78 is 16.8. The number of aromatic carboxylic acids is 1. The van der Waals surface area contributed by atoms with Crippen molar-refractivity contribution in [1.29, 1.82) is 0 Å². The fraction of sp³-hybridized carbons (Fsp3) is 0.500. The van der Waals surface area contributed by atoms with Gasteiger partial charge < -0.3 is 14.4 Å². The van der Waals surface area contributed by atoms with Gasteiger partial charge in [0.25, 0.3) is 0 Å². The number of nitrogens with zero attached hydrogens (tertiary/aromatic N) is 1. The van der Waals surface area contributed by atoms with Crippen molar-refractivity contribution < 1.29 is 23.3 Å². The summed E-state index contributed by atoms with van der Waals surface area (Å²) in [6.07, 6.45) is 2.00. The van der Waals surface area contributed by atoms with Gasteiger partial charge >= 0.3 is 5.97 Å². The summed E-state index contributed by atoms with van der Waals surface area (Å²) in [5.74, 6) is -1.11. The van der Waals surface area contributed by atoms with Crippen LogP contribution in [0.2, 0.25) is 0 Å². The average molecular weight is 285 g/mol. The predicted octanol–water partition coefficient (Wildman–Crippen LogP) is 0.849. The molecule has 7 heteroatoms. The third-order valence-electron chi connectivity index (χ3n) is 2.92. The Labute approximate surface area is 112 Å². The number of carboxylic acid groups (broad SMARTS) is 1. The first kappa shape index (κ1) is 13.8. The maximum Gasteiger partial charge on any atom is 0.371 e. The van der Waals surface area contributed by atoms with Crippen LogP contribution in [0.25, 0.3) is 0 Å². The second kappa shape index (κ2) is 6.01. The maximum absolute atomic E-state index is 11.8. The number of hydrogen-bond donors (Lipinski definition) is 1. The first-order valence-corrected chi connectivity index (χ1v) is 7.50. The van der Waals surface area contributed by atoms with E-state index in [9.17, 15) is 13.8 Å². The molecule has 6 nitrogen and oxygen atoms in total. The topological polar surface area (TPSA) is 87.8 Å². The molecule has 1 aromatic heterocycles. The molecule has 0 bridgehead atoms. The van der Waals surface area contributed by atoms with Gasteiger partial charge in [-0.25, -0.2) is 4.79 Å². The van der Waals surface area contributed by atoms with Crippen LogP contribution in [-0.4, -0.2) is 44.9 Å². The lowest BCUT2D eigenvalue weighted by Crippen LogP contribution is -2.31. The van der Waals surface area contributed by atoms with E-state index in [1.807, 2.05) is 0 Å². The molecule has 1 N–H and O–H groups in total. The maximum atomic E-state index is 11.8. The number of rotatable bonds is 5. The smallest absolute Gasteiger partial charge is 0.371 e. The zero-order chi connectivity index (χ0) is 13.8. The van der Waals surface area contributed by atoms with E-state index in [0.717, 1.165) is 25.9 Å². The summed E-state index contributed by atoms with van der Waals surface area (Å²) in [5.41, 5.74) is 0. The molecule has 1 aliphatic heterocycles. The van der Waals surface area contributed by atoms with Gasteiger partial charge in [0.05, 0.1) is 5.75 Å². The summed E-state index contributed by atoms with van der Waals surface area (Å²) in [5, 5.41) is 8.69. The molecular formula is C12H15NO5S. The number of hydrogen-bond acceptors (Lipinski definition) is 4. The van der Waals surface area contributed by atoms with Gasteiger partial charge in [-0.3, -0.25) is 9.00 Å². The van der Waals surface area contributed by atoms with Gasteiger partial charge in [0.15, 0.2) is 0 Å². The van der Waals surface area contributed by atoms with Gasteiger partial charge in [0.1, 0.15) is 11.5 Å². The fourth-order valence-corrected chi connectivity index (χ4v) is 3.01. The Hall–Kier alpha value is -1.63. The van der Waals surface area contributed by atoms with Crippen LogP contribution < -0.4 is 0 Å². The van der Waals surface area contributed by atoms with Crippen molar-refractivity contribution in [2.75, 3.05) is 18.8 Å². The van der Waals surface area contributed by atoms with Crippen molar-refractivity contribution in [1.82, 2.24) is 4.90 Å². The molecule has 1 unspecified atom stereocenters. The van der Waals surface area contributed by atoms with Crippen LogP contribution in [0.4, 0.5) is 0 Å². The van der Waals surface area contributed by atoms with Crippen LogP contribution in [0.15, 0.2) is 16.5 Å². The zero-order valence-corrected chi connectivity index (χ0v) is 11.1. The molecule has 1 aliphatic rings. The monoisotopic (exact) mass is 285 g/mol. The predicted molar refractivity (Wildman–Crippen MR) is 68.2 cm³/mol. The number of carboxylic acids is 1. The van der Waals surface area contributed by atoms with Gasteiger partial charge in [-0.2, -0.15) is 0 Å². The molecule has 0 aromatic carbocycles. The van der Waals surface area contributed by atoms with Crippen LogP contribution in [0.3, 0.4) is 0 Å². The number of carbonyl (C=O) groups is 2. The summed E-state index contributed by atoms with van der Waals surface area (Å²) in [6.45, 7) is 1.47. The molecule has 0 radical (unpaired) electrons. The standard InChI is InChI=1S/C12H15NO5S/c14-11(13-5-1-2-6-13)8-19(17)7-9-3-4-10(18-9)12(15)16/h3-4H,1-2,5-8H2,(H,15,16). The largest absolute Gasteiger partial charge is 0.475 e. The van der Waals surface area contributed by atoms with Crippen LogP contribution in [-0.2, 0) is 21.3 Å². The Morgan fingerprint density at radius 3 is 2.58 bits per heavy atom. The highest BCUT2D eigenvalue weighted by Crippen LogP contribution is 2.12. The molecule has 1 aromatic rings. The Kier molecular flexibility index (Phi) is 4.36. The molecule has 1 amide bonds. The first-order chi connectivity index (χ1) is 9.06. The SMILES string of the molecule is O=C(O)c1ccc(CS(=O)CC(=O)N2CCCC2)o1. The van der Waals surface area contributed by atoms with Crippen molar-refractivity contribution in [2.45, 2.75) is 18.6 Å². The van der Waals surface area contributed by atoms with Gasteiger partial charge in [0, 0.05) is 23.9 Å². The van der Waals surface area contributed by atoms with E-state index < -0.39 is 16.8 Å². The second-order valence-corrected chi connectivity index (χ2v) is 5.84. The van der Waals surface area contributed by atoms with Crippen molar-refractivity contribution in [3.8, 4) is 0 Å². The van der Waals surface area contributed by atoms with Crippen molar-refractivity contribution >= 4 is 22.7 Å². The highest BCUT2D eigenvalue weighted by atomic mass is 32.2. The van der Waals surface area contributed by atoms with E-state index in [-0.39, 0.29) is 23.2 Å². The van der Waals surface area contributed by atoms with E-state index in [0.29, 0.717) is 5.76 Å². The third kappa shape index (κ3) is 3.66. The van der Waals surface area contributed by atoms with E-state index in [2.05, 4.69) is 0 Å². The third-order valence-corrected chi connectivity index (χ3v) is 4.09. The normalized spacial score (nSPS) is 16.5. The minimum atomic E-state index is -1.37. The van der Waals surface area contributed by atoms with Crippen LogP contribution in [0.1, 0.15) is 29.2 Å². The average Bonchev–Trinajstić information content (AvgIpc) is 2.98.